The lowest BCUT2D eigenvalue weighted by molar-refractivity contribution is 0.201. The van der Waals surface area contributed by atoms with E-state index in [2.05, 4.69) is 23.1 Å². The number of aromatic nitrogens is 3. The molecule has 1 fully saturated rings. The van der Waals surface area contributed by atoms with Crippen LogP contribution in [0.5, 0.6) is 11.8 Å². The number of nitrogens with zero attached hydrogens (tertiary/aromatic N) is 4. The van der Waals surface area contributed by atoms with Crippen LogP contribution in [-0.2, 0) is 20.3 Å². The van der Waals surface area contributed by atoms with Gasteiger partial charge in [0.15, 0.2) is 0 Å². The molecule has 0 spiro atoms. The first-order valence-corrected chi connectivity index (χ1v) is 12.9. The van der Waals surface area contributed by atoms with E-state index in [1.807, 2.05) is 84.5 Å². The van der Waals surface area contributed by atoms with E-state index in [9.17, 15) is 5.11 Å². The van der Waals surface area contributed by atoms with Gasteiger partial charge in [0.05, 0.1) is 11.1 Å². The zero-order valence-electron chi connectivity index (χ0n) is 21.3. The molecule has 0 radical (unpaired) electrons. The zero-order valence-corrected chi connectivity index (χ0v) is 21.3. The van der Waals surface area contributed by atoms with Crippen LogP contribution >= 0.6 is 0 Å². The Morgan fingerprint density at radius 1 is 0.842 bits per heavy atom. The lowest BCUT2D eigenvalue weighted by atomic mass is 10.00. The summed E-state index contributed by atoms with van der Waals surface area (Å²) in [6, 6.07) is 30.3. The van der Waals surface area contributed by atoms with E-state index in [1.165, 1.54) is 0 Å². The van der Waals surface area contributed by atoms with Gasteiger partial charge in [-0.3, -0.25) is 4.68 Å². The maximum Gasteiger partial charge on any atom is 0.226 e. The molecule has 5 aromatic rings. The third-order valence-corrected chi connectivity index (χ3v) is 6.95. The first-order valence-electron chi connectivity index (χ1n) is 12.9. The van der Waals surface area contributed by atoms with E-state index in [0.717, 1.165) is 52.1 Å². The minimum absolute atomic E-state index is 0.235. The average Bonchev–Trinajstić information content (AvgIpc) is 3.27. The summed E-state index contributed by atoms with van der Waals surface area (Å²) < 4.78 is 14.2. The van der Waals surface area contributed by atoms with E-state index in [-0.39, 0.29) is 6.61 Å². The van der Waals surface area contributed by atoms with Crippen LogP contribution in [0.4, 0.5) is 5.69 Å². The van der Waals surface area contributed by atoms with Gasteiger partial charge in [-0.2, -0.15) is 10.1 Å². The summed E-state index contributed by atoms with van der Waals surface area (Å²) in [7, 11) is 1.96. The van der Waals surface area contributed by atoms with Gasteiger partial charge in [-0.1, -0.05) is 60.7 Å². The fourth-order valence-corrected chi connectivity index (χ4v) is 4.79. The Kier molecular flexibility index (Phi) is 6.67. The third kappa shape index (κ3) is 4.93. The van der Waals surface area contributed by atoms with Crippen LogP contribution in [0.25, 0.3) is 22.2 Å². The molecule has 0 amide bonds. The van der Waals surface area contributed by atoms with Crippen LogP contribution < -0.4 is 14.4 Å². The molecule has 0 saturated carbocycles. The first kappa shape index (κ1) is 24.0. The number of aryl methyl sites for hydroxylation is 1. The van der Waals surface area contributed by atoms with Gasteiger partial charge in [-0.15, -0.1) is 0 Å². The fourth-order valence-electron chi connectivity index (χ4n) is 4.79. The summed E-state index contributed by atoms with van der Waals surface area (Å²) in [4.78, 5) is 7.04. The van der Waals surface area contributed by atoms with E-state index in [0.29, 0.717) is 30.9 Å². The molecule has 1 saturated heterocycles. The van der Waals surface area contributed by atoms with Crippen molar-refractivity contribution in [2.45, 2.75) is 13.2 Å². The molecule has 3 heterocycles. The summed E-state index contributed by atoms with van der Waals surface area (Å²) in [6.07, 6.45) is 0. The lowest BCUT2D eigenvalue weighted by Gasteiger charge is -2.40. The highest BCUT2D eigenvalue weighted by Crippen LogP contribution is 2.37. The van der Waals surface area contributed by atoms with Crippen LogP contribution in [0.3, 0.4) is 0 Å². The molecule has 1 aliphatic rings. The summed E-state index contributed by atoms with van der Waals surface area (Å²) in [6.45, 7) is 2.79. The Balaban J connectivity index is 1.32. The van der Waals surface area contributed by atoms with Crippen molar-refractivity contribution in [3.63, 3.8) is 0 Å². The molecular weight excluding hydrogens is 476 g/mol. The van der Waals surface area contributed by atoms with Crippen molar-refractivity contribution >= 4 is 16.6 Å². The summed E-state index contributed by atoms with van der Waals surface area (Å²) in [5, 5.41) is 15.3. The van der Waals surface area contributed by atoms with Gasteiger partial charge in [0, 0.05) is 49.8 Å². The van der Waals surface area contributed by atoms with Crippen molar-refractivity contribution in [3.05, 3.63) is 102 Å². The lowest BCUT2D eigenvalue weighted by Crippen LogP contribution is -2.48. The predicted octanol–water partition coefficient (Wildman–Crippen LogP) is 5.22. The number of ether oxygens (including phenoxy) is 2. The predicted molar refractivity (Wildman–Crippen MR) is 148 cm³/mol. The SMILES string of the molecule is Cn1nc(-c2ccc(OCc3ccccc3)nc2OCc2ccccc2)c2ccc(N3CC(CO)C3)cc21. The van der Waals surface area contributed by atoms with Crippen LogP contribution in [0.1, 0.15) is 11.1 Å². The number of pyridine rings is 1. The number of rotatable bonds is 9. The van der Waals surface area contributed by atoms with Crippen molar-refractivity contribution in [2.75, 3.05) is 24.6 Å². The largest absolute Gasteiger partial charge is 0.473 e. The van der Waals surface area contributed by atoms with E-state index in [1.54, 1.807) is 0 Å². The Labute approximate surface area is 221 Å². The van der Waals surface area contributed by atoms with Gasteiger partial charge in [-0.25, -0.2) is 0 Å². The molecule has 0 bridgehead atoms. The molecule has 192 valence electrons. The highest BCUT2D eigenvalue weighted by molar-refractivity contribution is 5.96. The highest BCUT2D eigenvalue weighted by Gasteiger charge is 2.27. The fraction of sp³-hybridized carbons (Fsp3) is 0.226. The first-order chi connectivity index (χ1) is 18.7. The molecule has 2 aromatic heterocycles. The molecule has 1 aliphatic heterocycles. The quantitative estimate of drug-likeness (QED) is 0.296. The van der Waals surface area contributed by atoms with Crippen LogP contribution in [-0.4, -0.2) is 39.6 Å². The highest BCUT2D eigenvalue weighted by atomic mass is 16.5. The number of aliphatic hydroxyl groups is 1. The summed E-state index contributed by atoms with van der Waals surface area (Å²) in [5.41, 5.74) is 5.93. The molecule has 7 heteroatoms. The second kappa shape index (κ2) is 10.6. The average molecular weight is 507 g/mol. The van der Waals surface area contributed by atoms with E-state index < -0.39 is 0 Å². The molecule has 3 aromatic carbocycles. The molecule has 0 aliphatic carbocycles. The molecular formula is C31H30N4O3. The molecule has 0 atom stereocenters. The van der Waals surface area contributed by atoms with Crippen molar-refractivity contribution in [1.82, 2.24) is 14.8 Å². The maximum absolute atomic E-state index is 9.38. The Morgan fingerprint density at radius 2 is 1.53 bits per heavy atom. The van der Waals surface area contributed by atoms with Crippen molar-refractivity contribution in [3.8, 4) is 23.0 Å². The topological polar surface area (TPSA) is 72.6 Å². The second-order valence-electron chi connectivity index (χ2n) is 9.68. The molecule has 7 nitrogen and oxygen atoms in total. The normalized spacial score (nSPS) is 13.5. The van der Waals surface area contributed by atoms with Crippen molar-refractivity contribution < 1.29 is 14.6 Å². The Bertz CT molecular complexity index is 1530. The van der Waals surface area contributed by atoms with Gasteiger partial charge in [0.25, 0.3) is 0 Å². The number of benzene rings is 3. The van der Waals surface area contributed by atoms with Gasteiger partial charge in [-0.05, 0) is 35.4 Å². The molecule has 6 rings (SSSR count). The Hall–Kier alpha value is -4.36. The monoisotopic (exact) mass is 506 g/mol. The number of fused-ring (bicyclic) bond motifs is 1. The minimum atomic E-state index is 0.235. The van der Waals surface area contributed by atoms with Crippen LogP contribution in [0, 0.1) is 5.92 Å². The Morgan fingerprint density at radius 3 is 2.21 bits per heavy atom. The second-order valence-corrected chi connectivity index (χ2v) is 9.68. The molecule has 1 N–H and O–H groups in total. The number of hydrogen-bond donors (Lipinski definition) is 1. The van der Waals surface area contributed by atoms with Crippen LogP contribution in [0.2, 0.25) is 0 Å². The van der Waals surface area contributed by atoms with Gasteiger partial charge >= 0.3 is 0 Å². The number of hydrogen-bond acceptors (Lipinski definition) is 6. The standard InChI is InChI=1S/C31H30N4O3/c1-34-28-16-25(35-17-24(18-35)19-36)12-13-26(28)30(33-34)27-14-15-29(37-20-22-8-4-2-5-9-22)32-31(27)38-21-23-10-6-3-7-11-23/h2-16,24,36H,17-21H2,1H3. The van der Waals surface area contributed by atoms with E-state index in [4.69, 9.17) is 19.6 Å². The van der Waals surface area contributed by atoms with Gasteiger partial charge < -0.3 is 19.5 Å². The van der Waals surface area contributed by atoms with Gasteiger partial charge in [0.2, 0.25) is 11.8 Å². The summed E-state index contributed by atoms with van der Waals surface area (Å²) in [5.74, 6) is 1.34. The van der Waals surface area contributed by atoms with Crippen molar-refractivity contribution in [2.24, 2.45) is 13.0 Å². The van der Waals surface area contributed by atoms with E-state index >= 15 is 0 Å². The minimum Gasteiger partial charge on any atom is -0.473 e. The van der Waals surface area contributed by atoms with Crippen LogP contribution in [0.15, 0.2) is 91.0 Å². The van der Waals surface area contributed by atoms with Gasteiger partial charge in [0.1, 0.15) is 18.9 Å². The van der Waals surface area contributed by atoms with Crippen molar-refractivity contribution in [1.29, 1.82) is 0 Å². The summed E-state index contributed by atoms with van der Waals surface area (Å²) >= 11 is 0. The number of aliphatic hydroxyl groups excluding tert-OH is 1. The molecule has 0 unspecified atom stereocenters. The number of anilines is 1. The smallest absolute Gasteiger partial charge is 0.226 e. The molecule has 38 heavy (non-hydrogen) atoms. The third-order valence-electron chi connectivity index (χ3n) is 6.95. The zero-order chi connectivity index (χ0) is 25.9. The maximum atomic E-state index is 9.38.